The lowest BCUT2D eigenvalue weighted by Gasteiger charge is -2.27. The second-order valence-corrected chi connectivity index (χ2v) is 6.37. The summed E-state index contributed by atoms with van der Waals surface area (Å²) in [7, 11) is 0. The van der Waals surface area contributed by atoms with Crippen LogP contribution in [0.1, 0.15) is 37.6 Å². The number of hydrogen-bond acceptors (Lipinski definition) is 3. The number of H-pyrrole nitrogens is 1. The van der Waals surface area contributed by atoms with Crippen molar-refractivity contribution in [3.63, 3.8) is 0 Å². The normalized spacial score (nSPS) is 12.5. The van der Waals surface area contributed by atoms with E-state index in [-0.39, 0.29) is 11.9 Å². The third-order valence-electron chi connectivity index (χ3n) is 4.44. The summed E-state index contributed by atoms with van der Waals surface area (Å²) in [5.41, 5.74) is 8.56. The van der Waals surface area contributed by atoms with Gasteiger partial charge in [0.05, 0.1) is 6.04 Å². The number of nitrogens with two attached hydrogens (primary N) is 1. The maximum atomic E-state index is 12.8. The fourth-order valence-corrected chi connectivity index (χ4v) is 3.00. The van der Waals surface area contributed by atoms with Crippen LogP contribution >= 0.6 is 0 Å². The van der Waals surface area contributed by atoms with Crippen molar-refractivity contribution in [2.45, 2.75) is 26.3 Å². The van der Waals surface area contributed by atoms with Crippen molar-refractivity contribution in [3.8, 4) is 0 Å². The molecule has 1 aromatic carbocycles. The number of fused-ring (bicyclic) bond motifs is 1. The zero-order chi connectivity index (χ0) is 18.5. The quantitative estimate of drug-likeness (QED) is 0.657. The largest absolute Gasteiger partial charge is 0.384 e. The summed E-state index contributed by atoms with van der Waals surface area (Å²) in [5, 5.41) is 1.15. The van der Waals surface area contributed by atoms with Gasteiger partial charge in [-0.2, -0.15) is 0 Å². The number of anilines is 1. The minimum atomic E-state index is -0.0379. The average molecular weight is 348 g/mol. The molecule has 0 aliphatic heterocycles. The van der Waals surface area contributed by atoms with Gasteiger partial charge in [-0.05, 0) is 54.6 Å². The summed E-state index contributed by atoms with van der Waals surface area (Å²) in [6, 6.07) is 13.8. The fraction of sp³-hybridized carbons (Fsp3) is 0.238. The highest BCUT2D eigenvalue weighted by molar-refractivity contribution is 5.92. The van der Waals surface area contributed by atoms with E-state index in [9.17, 15) is 4.79 Å². The lowest BCUT2D eigenvalue weighted by Crippen LogP contribution is -2.33. The predicted octanol–water partition coefficient (Wildman–Crippen LogP) is 4.16. The SMILES string of the molecule is CCCN(C(=O)/C=C/c1ccc(N)nc1)C(C)c1cc2ccccc2[nH]1. The number of rotatable bonds is 6. The molecule has 1 unspecified atom stereocenters. The first-order valence-corrected chi connectivity index (χ1v) is 8.86. The molecule has 0 bridgehead atoms. The van der Waals surface area contributed by atoms with Gasteiger partial charge in [0.25, 0.3) is 0 Å². The highest BCUT2D eigenvalue weighted by atomic mass is 16.2. The first kappa shape index (κ1) is 17.7. The van der Waals surface area contributed by atoms with Crippen LogP contribution in [0.4, 0.5) is 5.82 Å². The maximum absolute atomic E-state index is 12.8. The third kappa shape index (κ3) is 3.94. The number of aromatic amines is 1. The zero-order valence-corrected chi connectivity index (χ0v) is 15.1. The van der Waals surface area contributed by atoms with Crippen LogP contribution in [0.3, 0.4) is 0 Å². The van der Waals surface area contributed by atoms with Crippen molar-refractivity contribution in [2.24, 2.45) is 0 Å². The van der Waals surface area contributed by atoms with E-state index in [0.29, 0.717) is 12.4 Å². The van der Waals surface area contributed by atoms with Gasteiger partial charge in [-0.25, -0.2) is 4.98 Å². The van der Waals surface area contributed by atoms with Crippen LogP contribution in [0.5, 0.6) is 0 Å². The Kier molecular flexibility index (Phi) is 5.37. The summed E-state index contributed by atoms with van der Waals surface area (Å²) in [6.45, 7) is 4.82. The van der Waals surface area contributed by atoms with E-state index in [1.807, 2.05) is 29.2 Å². The Balaban J connectivity index is 1.80. The van der Waals surface area contributed by atoms with Crippen molar-refractivity contribution in [3.05, 3.63) is 66.0 Å². The van der Waals surface area contributed by atoms with Crippen LogP contribution < -0.4 is 5.73 Å². The standard InChI is InChI=1S/C21H24N4O/c1-3-12-25(21(26)11-9-16-8-10-20(22)23-14-16)15(2)19-13-17-6-4-5-7-18(17)24-19/h4-11,13-15,24H,3,12H2,1-2H3,(H2,22,23)/b11-9+. The molecule has 5 nitrogen and oxygen atoms in total. The Morgan fingerprint density at radius 1 is 1.31 bits per heavy atom. The molecule has 0 aliphatic rings. The number of benzene rings is 1. The molecule has 3 aromatic rings. The first-order valence-electron chi connectivity index (χ1n) is 8.86. The maximum Gasteiger partial charge on any atom is 0.247 e. The van der Waals surface area contributed by atoms with Crippen LogP contribution in [0, 0.1) is 0 Å². The molecule has 26 heavy (non-hydrogen) atoms. The Morgan fingerprint density at radius 3 is 2.81 bits per heavy atom. The van der Waals surface area contributed by atoms with Gasteiger partial charge in [-0.3, -0.25) is 4.79 Å². The van der Waals surface area contributed by atoms with Gasteiger partial charge in [-0.15, -0.1) is 0 Å². The minimum Gasteiger partial charge on any atom is -0.384 e. The molecular weight excluding hydrogens is 324 g/mol. The Hall–Kier alpha value is -3.08. The summed E-state index contributed by atoms with van der Waals surface area (Å²) in [6.07, 6.45) is 5.93. The highest BCUT2D eigenvalue weighted by Gasteiger charge is 2.20. The Labute approximate surface area is 153 Å². The van der Waals surface area contributed by atoms with Gasteiger partial charge in [-0.1, -0.05) is 25.1 Å². The third-order valence-corrected chi connectivity index (χ3v) is 4.44. The van der Waals surface area contributed by atoms with E-state index in [4.69, 9.17) is 5.73 Å². The summed E-state index contributed by atoms with van der Waals surface area (Å²) in [5.74, 6) is 0.448. The number of nitrogen functional groups attached to an aromatic ring is 1. The second-order valence-electron chi connectivity index (χ2n) is 6.37. The monoisotopic (exact) mass is 348 g/mol. The molecule has 2 aromatic heterocycles. The smallest absolute Gasteiger partial charge is 0.247 e. The molecule has 1 amide bonds. The molecule has 0 spiro atoms. The van der Waals surface area contributed by atoms with E-state index >= 15 is 0 Å². The first-order chi connectivity index (χ1) is 12.6. The number of para-hydroxylation sites is 1. The number of carbonyl (C=O) groups is 1. The molecule has 134 valence electrons. The predicted molar refractivity (Wildman–Crippen MR) is 106 cm³/mol. The molecule has 0 radical (unpaired) electrons. The molecule has 0 aliphatic carbocycles. The van der Waals surface area contributed by atoms with Gasteiger partial charge in [0.2, 0.25) is 5.91 Å². The highest BCUT2D eigenvalue weighted by Crippen LogP contribution is 2.24. The Morgan fingerprint density at radius 2 is 2.12 bits per heavy atom. The Bertz CT molecular complexity index is 878. The lowest BCUT2D eigenvalue weighted by atomic mass is 10.1. The molecule has 0 saturated carbocycles. The van der Waals surface area contributed by atoms with E-state index in [1.165, 1.54) is 0 Å². The van der Waals surface area contributed by atoms with Crippen molar-refractivity contribution < 1.29 is 4.79 Å². The fourth-order valence-electron chi connectivity index (χ4n) is 3.00. The van der Waals surface area contributed by atoms with Gasteiger partial charge in [0, 0.05) is 30.0 Å². The molecule has 3 N–H and O–H groups in total. The van der Waals surface area contributed by atoms with Crippen molar-refractivity contribution >= 4 is 28.7 Å². The van der Waals surface area contributed by atoms with Crippen LogP contribution in [0.2, 0.25) is 0 Å². The van der Waals surface area contributed by atoms with Crippen LogP contribution in [0.15, 0.2) is 54.7 Å². The number of amides is 1. The number of aromatic nitrogens is 2. The second kappa shape index (κ2) is 7.87. The topological polar surface area (TPSA) is 75.0 Å². The van der Waals surface area contributed by atoms with E-state index in [1.54, 1.807) is 24.4 Å². The summed E-state index contributed by atoms with van der Waals surface area (Å²) < 4.78 is 0. The van der Waals surface area contributed by atoms with Crippen molar-refractivity contribution in [2.75, 3.05) is 12.3 Å². The number of nitrogens with zero attached hydrogens (tertiary/aromatic N) is 2. The lowest BCUT2D eigenvalue weighted by molar-refractivity contribution is -0.128. The van der Waals surface area contributed by atoms with E-state index in [2.05, 4.69) is 35.9 Å². The van der Waals surface area contributed by atoms with Crippen molar-refractivity contribution in [1.29, 1.82) is 0 Å². The zero-order valence-electron chi connectivity index (χ0n) is 15.1. The number of pyridine rings is 1. The van der Waals surface area contributed by atoms with Gasteiger partial charge >= 0.3 is 0 Å². The van der Waals surface area contributed by atoms with Crippen LogP contribution in [-0.2, 0) is 4.79 Å². The minimum absolute atomic E-state index is 0.0187. The van der Waals surface area contributed by atoms with Crippen LogP contribution in [-0.4, -0.2) is 27.3 Å². The molecule has 0 fully saturated rings. The summed E-state index contributed by atoms with van der Waals surface area (Å²) >= 11 is 0. The molecule has 2 heterocycles. The molecular formula is C21H24N4O. The molecule has 0 saturated heterocycles. The van der Waals surface area contributed by atoms with Crippen LogP contribution in [0.25, 0.3) is 17.0 Å². The summed E-state index contributed by atoms with van der Waals surface area (Å²) in [4.78, 5) is 22.1. The number of hydrogen-bond donors (Lipinski definition) is 2. The van der Waals surface area contributed by atoms with Crippen molar-refractivity contribution in [1.82, 2.24) is 14.9 Å². The molecule has 1 atom stereocenters. The molecule has 3 rings (SSSR count). The van der Waals surface area contributed by atoms with Gasteiger partial charge in [0.1, 0.15) is 5.82 Å². The number of nitrogens with one attached hydrogen (secondary N) is 1. The number of carbonyl (C=O) groups excluding carboxylic acids is 1. The van der Waals surface area contributed by atoms with E-state index in [0.717, 1.165) is 28.6 Å². The van der Waals surface area contributed by atoms with Gasteiger partial charge < -0.3 is 15.6 Å². The van der Waals surface area contributed by atoms with Gasteiger partial charge in [0.15, 0.2) is 0 Å². The molecule has 5 heteroatoms. The average Bonchev–Trinajstić information content (AvgIpc) is 3.09. The van der Waals surface area contributed by atoms with E-state index < -0.39 is 0 Å².